The van der Waals surface area contributed by atoms with Crippen LogP contribution >= 0.6 is 11.6 Å². The lowest BCUT2D eigenvalue weighted by molar-refractivity contribution is -0.141. The fourth-order valence-electron chi connectivity index (χ4n) is 2.96. The molecule has 1 aliphatic carbocycles. The van der Waals surface area contributed by atoms with E-state index < -0.39 is 40.6 Å². The fraction of sp³-hybridized carbons (Fsp3) is 0.353. The Balaban J connectivity index is 2.07. The van der Waals surface area contributed by atoms with E-state index >= 15 is 0 Å². The molecule has 0 spiro atoms. The number of aromatic amines is 1. The van der Waals surface area contributed by atoms with Gasteiger partial charge in [0, 0.05) is 6.07 Å². The van der Waals surface area contributed by atoms with Gasteiger partial charge >= 0.3 is 17.8 Å². The van der Waals surface area contributed by atoms with E-state index in [0.717, 1.165) is 18.9 Å². The van der Waals surface area contributed by atoms with Crippen LogP contribution in [0.4, 0.5) is 17.6 Å². The summed E-state index contributed by atoms with van der Waals surface area (Å²) in [5.41, 5.74) is -5.54. The summed E-state index contributed by atoms with van der Waals surface area (Å²) in [7, 11) is 0. The third-order valence-electron chi connectivity index (χ3n) is 4.31. The van der Waals surface area contributed by atoms with Gasteiger partial charge in [0.05, 0.1) is 16.3 Å². The van der Waals surface area contributed by atoms with Crippen LogP contribution in [0.2, 0.25) is 5.02 Å². The number of esters is 1. The number of rotatable bonds is 3. The predicted octanol–water partition coefficient (Wildman–Crippen LogP) is 3.44. The van der Waals surface area contributed by atoms with Gasteiger partial charge < -0.3 is 9.72 Å². The first-order valence-corrected chi connectivity index (χ1v) is 8.59. The monoisotopic (exact) mass is 420 g/mol. The minimum Gasteiger partial charge on any atom is -0.459 e. The van der Waals surface area contributed by atoms with E-state index in [0.29, 0.717) is 18.9 Å². The van der Waals surface area contributed by atoms with Crippen molar-refractivity contribution in [1.82, 2.24) is 9.55 Å². The third kappa shape index (κ3) is 3.96. The normalized spacial score (nSPS) is 15.0. The van der Waals surface area contributed by atoms with E-state index in [1.165, 1.54) is 4.98 Å². The van der Waals surface area contributed by atoms with Gasteiger partial charge in [0.15, 0.2) is 0 Å². The molecule has 0 saturated heterocycles. The van der Waals surface area contributed by atoms with Crippen LogP contribution in [-0.4, -0.2) is 21.6 Å². The second-order valence-electron chi connectivity index (χ2n) is 6.25. The maximum Gasteiger partial charge on any atom is 0.431 e. The summed E-state index contributed by atoms with van der Waals surface area (Å²) in [6, 6.07) is 1.61. The summed E-state index contributed by atoms with van der Waals surface area (Å²) in [6.45, 7) is 0. The zero-order valence-electron chi connectivity index (χ0n) is 14.1. The molecule has 0 aliphatic heterocycles. The lowest BCUT2D eigenvalue weighted by Crippen LogP contribution is -2.36. The number of aromatic nitrogens is 2. The summed E-state index contributed by atoms with van der Waals surface area (Å²) < 4.78 is 57.8. The molecule has 0 bridgehead atoms. The Morgan fingerprint density at radius 3 is 2.39 bits per heavy atom. The molecular weight excluding hydrogens is 408 g/mol. The first kappa shape index (κ1) is 20.1. The molecule has 1 heterocycles. The molecular formula is C17H13ClF4N2O4. The Hall–Kier alpha value is -2.62. The second kappa shape index (κ2) is 7.42. The predicted molar refractivity (Wildman–Crippen MR) is 90.3 cm³/mol. The number of hydrogen-bond acceptors (Lipinski definition) is 4. The van der Waals surface area contributed by atoms with Crippen molar-refractivity contribution in [3.8, 4) is 5.69 Å². The number of benzene rings is 1. The Kier molecular flexibility index (Phi) is 5.33. The maximum absolute atomic E-state index is 14.3. The van der Waals surface area contributed by atoms with Crippen molar-refractivity contribution in [2.75, 3.05) is 0 Å². The molecule has 0 unspecified atom stereocenters. The van der Waals surface area contributed by atoms with Crippen LogP contribution in [0.5, 0.6) is 0 Å². The lowest BCUT2D eigenvalue weighted by atomic mass is 10.1. The Labute approximate surface area is 159 Å². The van der Waals surface area contributed by atoms with Crippen LogP contribution < -0.4 is 11.2 Å². The van der Waals surface area contributed by atoms with Gasteiger partial charge in [-0.25, -0.2) is 18.5 Å². The second-order valence-corrected chi connectivity index (χ2v) is 6.66. The van der Waals surface area contributed by atoms with E-state index in [-0.39, 0.29) is 27.3 Å². The van der Waals surface area contributed by atoms with E-state index in [1.54, 1.807) is 0 Å². The van der Waals surface area contributed by atoms with Gasteiger partial charge in [-0.1, -0.05) is 11.6 Å². The number of nitrogens with zero attached hydrogens (tertiary/aromatic N) is 1. The SMILES string of the molecule is O=C(OC1CCCC1)c1cc(-n2c(=O)cc(C(F)(F)F)[nH]c2=O)c(F)cc1Cl. The van der Waals surface area contributed by atoms with Gasteiger partial charge in [-0.15, -0.1) is 0 Å². The topological polar surface area (TPSA) is 81.2 Å². The minimum atomic E-state index is -4.97. The first-order chi connectivity index (χ1) is 13.1. The number of halogens is 5. The number of H-pyrrole nitrogens is 1. The van der Waals surface area contributed by atoms with Gasteiger partial charge in [0.1, 0.15) is 17.6 Å². The number of ether oxygens (including phenoxy) is 1. The minimum absolute atomic E-state index is 0.117. The Morgan fingerprint density at radius 2 is 1.82 bits per heavy atom. The smallest absolute Gasteiger partial charge is 0.431 e. The third-order valence-corrected chi connectivity index (χ3v) is 4.62. The van der Waals surface area contributed by atoms with Crippen LogP contribution in [0.25, 0.3) is 5.69 Å². The largest absolute Gasteiger partial charge is 0.459 e. The molecule has 1 aromatic carbocycles. The summed E-state index contributed by atoms with van der Waals surface area (Å²) in [6.07, 6.45) is -2.20. The summed E-state index contributed by atoms with van der Waals surface area (Å²) in [5.74, 6) is -2.05. The van der Waals surface area contributed by atoms with E-state index in [4.69, 9.17) is 16.3 Å². The van der Waals surface area contributed by atoms with E-state index in [2.05, 4.69) is 0 Å². The molecule has 3 rings (SSSR count). The van der Waals surface area contributed by atoms with Crippen molar-refractivity contribution in [1.29, 1.82) is 0 Å². The number of alkyl halides is 3. The highest BCUT2D eigenvalue weighted by Crippen LogP contribution is 2.28. The van der Waals surface area contributed by atoms with Gasteiger partial charge in [0.25, 0.3) is 5.56 Å². The standard InChI is InChI=1S/C17H13ClF4N2O4/c18-10-6-11(19)12(5-9(10)15(26)28-8-3-1-2-4-8)24-14(25)7-13(17(20,21)22)23-16(24)27/h5-8H,1-4H2,(H,23,27). The molecule has 0 amide bonds. The van der Waals surface area contributed by atoms with Crippen molar-refractivity contribution in [3.63, 3.8) is 0 Å². The zero-order chi connectivity index (χ0) is 20.6. The molecule has 1 fully saturated rings. The fourth-order valence-corrected chi connectivity index (χ4v) is 3.19. The van der Waals surface area contributed by atoms with Crippen molar-refractivity contribution in [3.05, 3.63) is 61.1 Å². The molecule has 0 radical (unpaired) electrons. The number of carbonyl (C=O) groups is 1. The van der Waals surface area contributed by atoms with Gasteiger partial charge in [-0.2, -0.15) is 13.2 Å². The Morgan fingerprint density at radius 1 is 1.18 bits per heavy atom. The lowest BCUT2D eigenvalue weighted by Gasteiger charge is -2.14. The maximum atomic E-state index is 14.3. The number of hydrogen-bond donors (Lipinski definition) is 1. The highest BCUT2D eigenvalue weighted by atomic mass is 35.5. The highest BCUT2D eigenvalue weighted by molar-refractivity contribution is 6.33. The van der Waals surface area contributed by atoms with Crippen molar-refractivity contribution >= 4 is 17.6 Å². The number of nitrogens with one attached hydrogen (secondary N) is 1. The molecule has 0 atom stereocenters. The molecule has 150 valence electrons. The summed E-state index contributed by atoms with van der Waals surface area (Å²) in [4.78, 5) is 37.8. The van der Waals surface area contributed by atoms with Gasteiger partial charge in [0.2, 0.25) is 0 Å². The van der Waals surface area contributed by atoms with Crippen molar-refractivity contribution in [2.24, 2.45) is 0 Å². The average Bonchev–Trinajstić information content (AvgIpc) is 3.07. The summed E-state index contributed by atoms with van der Waals surface area (Å²) in [5, 5.41) is -0.319. The van der Waals surface area contributed by atoms with Gasteiger partial charge in [-0.3, -0.25) is 4.79 Å². The average molecular weight is 421 g/mol. The molecule has 2 aromatic rings. The Bertz CT molecular complexity index is 1010. The van der Waals surface area contributed by atoms with E-state index in [1.807, 2.05) is 0 Å². The quantitative estimate of drug-likeness (QED) is 0.609. The molecule has 1 N–H and O–H groups in total. The van der Waals surface area contributed by atoms with Gasteiger partial charge in [-0.05, 0) is 37.8 Å². The van der Waals surface area contributed by atoms with Crippen molar-refractivity contribution < 1.29 is 27.1 Å². The van der Waals surface area contributed by atoms with Crippen LogP contribution in [0, 0.1) is 5.82 Å². The molecule has 1 saturated carbocycles. The number of carbonyl (C=O) groups excluding carboxylic acids is 1. The van der Waals surface area contributed by atoms with Crippen molar-refractivity contribution in [2.45, 2.75) is 38.0 Å². The van der Waals surface area contributed by atoms with Crippen LogP contribution in [0.1, 0.15) is 41.7 Å². The summed E-state index contributed by atoms with van der Waals surface area (Å²) >= 11 is 5.87. The molecule has 28 heavy (non-hydrogen) atoms. The highest BCUT2D eigenvalue weighted by Gasteiger charge is 2.33. The molecule has 11 heteroatoms. The molecule has 1 aliphatic rings. The zero-order valence-corrected chi connectivity index (χ0v) is 14.9. The molecule has 1 aromatic heterocycles. The van der Waals surface area contributed by atoms with Crippen LogP contribution in [0.3, 0.4) is 0 Å². The first-order valence-electron chi connectivity index (χ1n) is 8.22. The molecule has 6 nitrogen and oxygen atoms in total. The van der Waals surface area contributed by atoms with Crippen LogP contribution in [0.15, 0.2) is 27.8 Å². The van der Waals surface area contributed by atoms with Crippen LogP contribution in [-0.2, 0) is 10.9 Å². The van der Waals surface area contributed by atoms with E-state index in [9.17, 15) is 31.9 Å².